The van der Waals surface area contributed by atoms with E-state index in [4.69, 9.17) is 33.7 Å². The molecule has 3 aromatic rings. The van der Waals surface area contributed by atoms with Crippen molar-refractivity contribution in [1.29, 1.82) is 0 Å². The summed E-state index contributed by atoms with van der Waals surface area (Å²) in [6.45, 7) is 2.01. The zero-order chi connectivity index (χ0) is 19.6. The van der Waals surface area contributed by atoms with E-state index in [1.807, 2.05) is 37.3 Å². The van der Waals surface area contributed by atoms with E-state index < -0.39 is 0 Å². The van der Waals surface area contributed by atoms with Gasteiger partial charge >= 0.3 is 0 Å². The highest BCUT2D eigenvalue weighted by Crippen LogP contribution is 2.34. The first-order valence-electron chi connectivity index (χ1n) is 8.34. The molecule has 0 bridgehead atoms. The molecule has 0 radical (unpaired) electrons. The molecular weight excluding hydrogens is 385 g/mol. The normalized spacial score (nSPS) is 10.9. The number of benzene rings is 2. The molecular formula is C20H19Cl2N3O2. The van der Waals surface area contributed by atoms with Crippen LogP contribution < -0.4 is 15.4 Å². The highest BCUT2D eigenvalue weighted by molar-refractivity contribution is 6.38. The second-order valence-corrected chi connectivity index (χ2v) is 6.90. The average molecular weight is 404 g/mol. The minimum absolute atomic E-state index is 0.105. The Morgan fingerprint density at radius 1 is 1.19 bits per heavy atom. The highest BCUT2D eigenvalue weighted by Gasteiger charge is 2.17. The smallest absolute Gasteiger partial charge is 0.240 e. The van der Waals surface area contributed by atoms with Gasteiger partial charge in [0.15, 0.2) is 0 Å². The van der Waals surface area contributed by atoms with Crippen LogP contribution in [0.4, 0.5) is 5.69 Å². The quantitative estimate of drug-likeness (QED) is 0.687. The standard InChI is InChI=1S/C20H19Cl2N3O2/c1-12-3-4-13-9-14(5-7-17(13)24-12)27-11-15-16(21)6-8-18(20(15)22)25(2)19(26)10-23/h3-9H,10-11,23H2,1-2H3. The Morgan fingerprint density at radius 3 is 2.70 bits per heavy atom. The molecule has 1 amide bonds. The van der Waals surface area contributed by atoms with Gasteiger partial charge in [-0.15, -0.1) is 0 Å². The van der Waals surface area contributed by atoms with Crippen LogP contribution in [0, 0.1) is 6.92 Å². The van der Waals surface area contributed by atoms with Crippen molar-refractivity contribution in [1.82, 2.24) is 4.98 Å². The molecule has 0 atom stereocenters. The van der Waals surface area contributed by atoms with Crippen LogP contribution >= 0.6 is 23.2 Å². The van der Waals surface area contributed by atoms with Gasteiger partial charge in [-0.1, -0.05) is 29.3 Å². The number of pyridine rings is 1. The number of amides is 1. The summed E-state index contributed by atoms with van der Waals surface area (Å²) in [6.07, 6.45) is 0. The molecule has 0 aliphatic rings. The topological polar surface area (TPSA) is 68.5 Å². The molecule has 1 heterocycles. The Bertz CT molecular complexity index is 1010. The van der Waals surface area contributed by atoms with E-state index in [9.17, 15) is 4.79 Å². The van der Waals surface area contributed by atoms with Gasteiger partial charge in [0, 0.05) is 28.7 Å². The van der Waals surface area contributed by atoms with Gasteiger partial charge < -0.3 is 15.4 Å². The van der Waals surface area contributed by atoms with Gasteiger partial charge in [0.25, 0.3) is 0 Å². The number of aryl methyl sites for hydroxylation is 1. The third-order valence-electron chi connectivity index (χ3n) is 4.26. The van der Waals surface area contributed by atoms with Crippen LogP contribution in [-0.2, 0) is 11.4 Å². The molecule has 5 nitrogen and oxygen atoms in total. The Morgan fingerprint density at radius 2 is 1.96 bits per heavy atom. The van der Waals surface area contributed by atoms with Gasteiger partial charge in [-0.25, -0.2) is 0 Å². The van der Waals surface area contributed by atoms with Gasteiger partial charge in [-0.05, 0) is 43.3 Å². The summed E-state index contributed by atoms with van der Waals surface area (Å²) in [5.41, 5.74) is 8.43. The number of hydrogen-bond acceptors (Lipinski definition) is 4. The number of nitrogens with zero attached hydrogens (tertiary/aromatic N) is 2. The lowest BCUT2D eigenvalue weighted by molar-refractivity contribution is -0.117. The Hall–Kier alpha value is -2.34. The Labute approximate surface area is 167 Å². The summed E-state index contributed by atoms with van der Waals surface area (Å²) in [7, 11) is 1.62. The fourth-order valence-corrected chi connectivity index (χ4v) is 3.31. The summed E-state index contributed by atoms with van der Waals surface area (Å²) in [4.78, 5) is 17.7. The van der Waals surface area contributed by atoms with Crippen molar-refractivity contribution in [2.45, 2.75) is 13.5 Å². The molecule has 0 aliphatic heterocycles. The lowest BCUT2D eigenvalue weighted by atomic mass is 10.1. The van der Waals surface area contributed by atoms with Crippen LogP contribution in [0.3, 0.4) is 0 Å². The number of nitrogens with two attached hydrogens (primary N) is 1. The van der Waals surface area contributed by atoms with E-state index in [0.717, 1.165) is 16.6 Å². The van der Waals surface area contributed by atoms with E-state index in [0.29, 0.717) is 27.0 Å². The molecule has 0 unspecified atom stereocenters. The number of hydrogen-bond donors (Lipinski definition) is 1. The molecule has 0 aliphatic carbocycles. The van der Waals surface area contributed by atoms with E-state index in [-0.39, 0.29) is 19.1 Å². The number of likely N-dealkylation sites (N-methyl/N-ethyl adjacent to an activating group) is 1. The summed E-state index contributed by atoms with van der Waals surface area (Å²) in [5, 5.41) is 1.82. The molecule has 3 rings (SSSR count). The third-order valence-corrected chi connectivity index (χ3v) is 5.03. The number of ether oxygens (including phenoxy) is 1. The monoisotopic (exact) mass is 403 g/mol. The molecule has 140 valence electrons. The second-order valence-electron chi connectivity index (χ2n) is 6.11. The van der Waals surface area contributed by atoms with Gasteiger partial charge in [-0.3, -0.25) is 9.78 Å². The summed E-state index contributed by atoms with van der Waals surface area (Å²) < 4.78 is 5.89. The first-order valence-corrected chi connectivity index (χ1v) is 9.10. The molecule has 0 fully saturated rings. The average Bonchev–Trinajstić information content (AvgIpc) is 2.66. The van der Waals surface area contributed by atoms with Crippen LogP contribution in [0.5, 0.6) is 5.75 Å². The van der Waals surface area contributed by atoms with Crippen molar-refractivity contribution in [2.24, 2.45) is 5.73 Å². The molecule has 0 saturated heterocycles. The third kappa shape index (κ3) is 4.16. The van der Waals surface area contributed by atoms with E-state index in [1.165, 1.54) is 4.90 Å². The van der Waals surface area contributed by atoms with Crippen LogP contribution in [0.25, 0.3) is 10.9 Å². The Kier molecular flexibility index (Phi) is 5.85. The predicted molar refractivity (Wildman–Crippen MR) is 110 cm³/mol. The number of carbonyl (C=O) groups excluding carboxylic acids is 1. The summed E-state index contributed by atoms with van der Waals surface area (Å²) in [6, 6.07) is 13.0. The number of halogens is 2. The Balaban J connectivity index is 1.85. The number of aromatic nitrogens is 1. The molecule has 2 N–H and O–H groups in total. The van der Waals surface area contributed by atoms with Crippen LogP contribution in [-0.4, -0.2) is 24.5 Å². The van der Waals surface area contributed by atoms with Crippen LogP contribution in [0.1, 0.15) is 11.3 Å². The first kappa shape index (κ1) is 19.4. The number of rotatable bonds is 5. The lowest BCUT2D eigenvalue weighted by Gasteiger charge is -2.20. The largest absolute Gasteiger partial charge is 0.489 e. The van der Waals surface area contributed by atoms with Gasteiger partial charge in [0.2, 0.25) is 5.91 Å². The SMILES string of the molecule is Cc1ccc2cc(OCc3c(Cl)ccc(N(C)C(=O)CN)c3Cl)ccc2n1. The van der Waals surface area contributed by atoms with Crippen molar-refractivity contribution < 1.29 is 9.53 Å². The predicted octanol–water partition coefficient (Wildman–Crippen LogP) is 4.35. The van der Waals surface area contributed by atoms with Crippen molar-refractivity contribution in [3.05, 3.63) is 63.8 Å². The molecule has 7 heteroatoms. The molecule has 2 aromatic carbocycles. The van der Waals surface area contributed by atoms with Crippen LogP contribution in [0.15, 0.2) is 42.5 Å². The first-order chi connectivity index (χ1) is 12.9. The van der Waals surface area contributed by atoms with Crippen LogP contribution in [0.2, 0.25) is 10.0 Å². The maximum atomic E-state index is 11.9. The molecule has 0 spiro atoms. The van der Waals surface area contributed by atoms with Crippen molar-refractivity contribution in [3.63, 3.8) is 0 Å². The van der Waals surface area contributed by atoms with Crippen molar-refractivity contribution in [2.75, 3.05) is 18.5 Å². The molecule has 27 heavy (non-hydrogen) atoms. The number of fused-ring (bicyclic) bond motifs is 1. The van der Waals surface area contributed by atoms with E-state index >= 15 is 0 Å². The van der Waals surface area contributed by atoms with Crippen molar-refractivity contribution >= 4 is 45.7 Å². The maximum Gasteiger partial charge on any atom is 0.240 e. The lowest BCUT2D eigenvalue weighted by Crippen LogP contribution is -2.32. The molecule has 1 aromatic heterocycles. The fraction of sp³-hybridized carbons (Fsp3) is 0.200. The number of carbonyl (C=O) groups is 1. The summed E-state index contributed by atoms with van der Waals surface area (Å²) >= 11 is 12.8. The second kappa shape index (κ2) is 8.13. The zero-order valence-electron chi connectivity index (χ0n) is 15.0. The highest BCUT2D eigenvalue weighted by atomic mass is 35.5. The van der Waals surface area contributed by atoms with Gasteiger partial charge in [0.05, 0.1) is 22.8 Å². The maximum absolute atomic E-state index is 11.9. The minimum atomic E-state index is -0.247. The zero-order valence-corrected chi connectivity index (χ0v) is 16.5. The van der Waals surface area contributed by atoms with E-state index in [1.54, 1.807) is 19.2 Å². The van der Waals surface area contributed by atoms with Gasteiger partial charge in [-0.2, -0.15) is 0 Å². The minimum Gasteiger partial charge on any atom is -0.489 e. The number of anilines is 1. The molecule has 0 saturated carbocycles. The van der Waals surface area contributed by atoms with Crippen molar-refractivity contribution in [3.8, 4) is 5.75 Å². The van der Waals surface area contributed by atoms with E-state index in [2.05, 4.69) is 4.98 Å². The summed E-state index contributed by atoms with van der Waals surface area (Å²) in [5.74, 6) is 0.431. The van der Waals surface area contributed by atoms with Gasteiger partial charge in [0.1, 0.15) is 12.4 Å². The fourth-order valence-electron chi connectivity index (χ4n) is 2.70.